The van der Waals surface area contributed by atoms with E-state index in [0.29, 0.717) is 30.6 Å². The quantitative estimate of drug-likeness (QED) is 0.794. The van der Waals surface area contributed by atoms with Gasteiger partial charge in [-0.2, -0.15) is 4.98 Å². The number of rotatable bonds is 6. The maximum absolute atomic E-state index is 11.9. The molecule has 0 spiro atoms. The third kappa shape index (κ3) is 4.61. The minimum atomic E-state index is -2.96. The number of hydrogen-bond donors (Lipinski definition) is 2. The van der Waals surface area contributed by atoms with Crippen LogP contribution in [0.5, 0.6) is 0 Å². The molecular formula is C17H28N4O3S. The van der Waals surface area contributed by atoms with Gasteiger partial charge in [0.15, 0.2) is 9.84 Å². The minimum Gasteiger partial charge on any atom is -0.376 e. The van der Waals surface area contributed by atoms with Gasteiger partial charge in [0, 0.05) is 19.3 Å². The molecule has 2 aliphatic heterocycles. The molecule has 1 aromatic heterocycles. The van der Waals surface area contributed by atoms with Gasteiger partial charge in [0.1, 0.15) is 5.82 Å². The molecule has 140 valence electrons. The predicted molar refractivity (Wildman–Crippen MR) is 98.6 cm³/mol. The highest BCUT2D eigenvalue weighted by Crippen LogP contribution is 2.24. The van der Waals surface area contributed by atoms with E-state index in [0.717, 1.165) is 31.7 Å². The van der Waals surface area contributed by atoms with Crippen LogP contribution in [0.25, 0.3) is 0 Å². The summed E-state index contributed by atoms with van der Waals surface area (Å²) in [6, 6.07) is 2.07. The Morgan fingerprint density at radius 3 is 2.88 bits per heavy atom. The van der Waals surface area contributed by atoms with Crippen LogP contribution in [-0.4, -0.2) is 54.7 Å². The molecule has 25 heavy (non-hydrogen) atoms. The highest BCUT2D eigenvalue weighted by molar-refractivity contribution is 7.92. The van der Waals surface area contributed by atoms with Gasteiger partial charge in [0.05, 0.1) is 23.1 Å². The first-order valence-electron chi connectivity index (χ1n) is 9.12. The Morgan fingerprint density at radius 1 is 1.32 bits per heavy atom. The Labute approximate surface area is 149 Å². The standard InChI is InChI=1S/C17H28N4O3S/c1-12(2)16-14(6-3-9-24-16)20-15-7-8-18-17(21-15)19-11-13-5-4-10-25(13,22)23/h7-8,12-14,16H,3-6,9-11H2,1-2H3,(H2,18,19,20,21). The van der Waals surface area contributed by atoms with Crippen LogP contribution in [0.15, 0.2) is 12.3 Å². The lowest BCUT2D eigenvalue weighted by Crippen LogP contribution is -2.43. The zero-order valence-electron chi connectivity index (χ0n) is 14.9. The Balaban J connectivity index is 1.61. The third-order valence-corrected chi connectivity index (χ3v) is 7.24. The van der Waals surface area contributed by atoms with Gasteiger partial charge in [-0.05, 0) is 37.7 Å². The average molecular weight is 369 g/mol. The fraction of sp³-hybridized carbons (Fsp3) is 0.765. The molecule has 2 N–H and O–H groups in total. The summed E-state index contributed by atoms with van der Waals surface area (Å²) in [5, 5.41) is 6.21. The van der Waals surface area contributed by atoms with Gasteiger partial charge < -0.3 is 15.4 Å². The molecule has 3 unspecified atom stereocenters. The molecule has 0 saturated carbocycles. The topological polar surface area (TPSA) is 93.2 Å². The molecule has 0 amide bonds. The largest absolute Gasteiger partial charge is 0.376 e. The second-order valence-electron chi connectivity index (χ2n) is 7.25. The van der Waals surface area contributed by atoms with Crippen molar-refractivity contribution in [2.45, 2.75) is 56.9 Å². The molecule has 2 aliphatic rings. The third-order valence-electron chi connectivity index (χ3n) is 4.96. The van der Waals surface area contributed by atoms with Crippen molar-refractivity contribution in [3.63, 3.8) is 0 Å². The molecule has 0 aliphatic carbocycles. The first kappa shape index (κ1) is 18.4. The summed E-state index contributed by atoms with van der Waals surface area (Å²) < 4.78 is 29.7. The Morgan fingerprint density at radius 2 is 2.16 bits per heavy atom. The molecule has 7 nitrogen and oxygen atoms in total. The van der Waals surface area contributed by atoms with E-state index in [9.17, 15) is 8.42 Å². The second-order valence-corrected chi connectivity index (χ2v) is 9.65. The molecule has 3 atom stereocenters. The van der Waals surface area contributed by atoms with Gasteiger partial charge in [0.25, 0.3) is 0 Å². The van der Waals surface area contributed by atoms with E-state index < -0.39 is 9.84 Å². The smallest absolute Gasteiger partial charge is 0.224 e. The highest BCUT2D eigenvalue weighted by Gasteiger charge is 2.31. The summed E-state index contributed by atoms with van der Waals surface area (Å²) in [4.78, 5) is 8.69. The number of hydrogen-bond acceptors (Lipinski definition) is 7. The van der Waals surface area contributed by atoms with E-state index in [4.69, 9.17) is 4.74 Å². The van der Waals surface area contributed by atoms with Gasteiger partial charge in [-0.3, -0.25) is 0 Å². The molecule has 2 saturated heterocycles. The van der Waals surface area contributed by atoms with E-state index >= 15 is 0 Å². The van der Waals surface area contributed by atoms with E-state index in [2.05, 4.69) is 34.4 Å². The van der Waals surface area contributed by atoms with Gasteiger partial charge in [0.2, 0.25) is 5.95 Å². The summed E-state index contributed by atoms with van der Waals surface area (Å²) in [6.07, 6.45) is 5.41. The van der Waals surface area contributed by atoms with Crippen molar-refractivity contribution < 1.29 is 13.2 Å². The number of aromatic nitrogens is 2. The maximum atomic E-state index is 11.9. The Bertz CT molecular complexity index is 680. The normalized spacial score (nSPS) is 28.8. The van der Waals surface area contributed by atoms with Crippen molar-refractivity contribution in [3.05, 3.63) is 12.3 Å². The molecule has 8 heteroatoms. The Hall–Kier alpha value is -1.41. The van der Waals surface area contributed by atoms with Crippen molar-refractivity contribution in [1.82, 2.24) is 9.97 Å². The van der Waals surface area contributed by atoms with Gasteiger partial charge in [-0.15, -0.1) is 0 Å². The van der Waals surface area contributed by atoms with Crippen LogP contribution >= 0.6 is 0 Å². The molecular weight excluding hydrogens is 340 g/mol. The minimum absolute atomic E-state index is 0.170. The molecule has 0 bridgehead atoms. The molecule has 0 aromatic carbocycles. The Kier molecular flexibility index (Phi) is 5.78. The van der Waals surface area contributed by atoms with Crippen LogP contribution in [-0.2, 0) is 14.6 Å². The highest BCUT2D eigenvalue weighted by atomic mass is 32.2. The summed E-state index contributed by atoms with van der Waals surface area (Å²) in [7, 11) is -2.96. The summed E-state index contributed by atoms with van der Waals surface area (Å²) in [5.74, 6) is 1.93. The lowest BCUT2D eigenvalue weighted by molar-refractivity contribution is -0.0203. The molecule has 1 aromatic rings. The number of ether oxygens (including phenoxy) is 1. The van der Waals surface area contributed by atoms with Gasteiger partial charge >= 0.3 is 0 Å². The van der Waals surface area contributed by atoms with Crippen molar-refractivity contribution in [1.29, 1.82) is 0 Å². The number of anilines is 2. The average Bonchev–Trinajstić information content (AvgIpc) is 2.92. The number of nitrogens with one attached hydrogen (secondary N) is 2. The van der Waals surface area contributed by atoms with Crippen molar-refractivity contribution in [2.75, 3.05) is 29.5 Å². The first-order chi connectivity index (χ1) is 12.0. The fourth-order valence-corrected chi connectivity index (χ4v) is 5.39. The lowest BCUT2D eigenvalue weighted by Gasteiger charge is -2.35. The molecule has 0 radical (unpaired) electrons. The van der Waals surface area contributed by atoms with Crippen molar-refractivity contribution >= 4 is 21.6 Å². The second kappa shape index (κ2) is 7.86. The summed E-state index contributed by atoms with van der Waals surface area (Å²) >= 11 is 0. The molecule has 3 rings (SSSR count). The summed E-state index contributed by atoms with van der Waals surface area (Å²) in [6.45, 7) is 5.51. The number of sulfone groups is 1. The van der Waals surface area contributed by atoms with Crippen LogP contribution < -0.4 is 10.6 Å². The predicted octanol–water partition coefficient (Wildman–Crippen LogP) is 2.08. The zero-order valence-corrected chi connectivity index (χ0v) is 15.8. The SMILES string of the molecule is CC(C)C1OCCCC1Nc1ccnc(NCC2CCCS2(=O)=O)n1. The number of nitrogens with zero attached hydrogens (tertiary/aromatic N) is 2. The first-order valence-corrected chi connectivity index (χ1v) is 10.8. The van der Waals surface area contributed by atoms with Crippen molar-refractivity contribution in [2.24, 2.45) is 5.92 Å². The molecule has 2 fully saturated rings. The van der Waals surface area contributed by atoms with E-state index in [1.54, 1.807) is 6.20 Å². The van der Waals surface area contributed by atoms with Crippen LogP contribution in [0.2, 0.25) is 0 Å². The summed E-state index contributed by atoms with van der Waals surface area (Å²) in [5.41, 5.74) is 0. The van der Waals surface area contributed by atoms with Crippen LogP contribution in [0.3, 0.4) is 0 Å². The van der Waals surface area contributed by atoms with E-state index in [-0.39, 0.29) is 17.4 Å². The monoisotopic (exact) mass is 368 g/mol. The van der Waals surface area contributed by atoms with E-state index in [1.165, 1.54) is 0 Å². The maximum Gasteiger partial charge on any atom is 0.224 e. The fourth-order valence-electron chi connectivity index (χ4n) is 3.62. The van der Waals surface area contributed by atoms with Gasteiger partial charge in [-0.1, -0.05) is 13.8 Å². The molecule has 3 heterocycles. The van der Waals surface area contributed by atoms with Crippen LogP contribution in [0.1, 0.15) is 39.5 Å². The van der Waals surface area contributed by atoms with Crippen molar-refractivity contribution in [3.8, 4) is 0 Å². The van der Waals surface area contributed by atoms with Crippen LogP contribution in [0.4, 0.5) is 11.8 Å². The van der Waals surface area contributed by atoms with Gasteiger partial charge in [-0.25, -0.2) is 13.4 Å². The lowest BCUT2D eigenvalue weighted by atomic mass is 9.94. The van der Waals surface area contributed by atoms with E-state index in [1.807, 2.05) is 6.07 Å². The zero-order chi connectivity index (χ0) is 17.9. The van der Waals surface area contributed by atoms with Crippen LogP contribution in [0, 0.1) is 5.92 Å².